The van der Waals surface area contributed by atoms with E-state index < -0.39 is 0 Å². The normalized spacial score (nSPS) is 65.5. The van der Waals surface area contributed by atoms with E-state index in [1.807, 2.05) is 0 Å². The number of likely N-dealkylation sites (tertiary alicyclic amines) is 1. The van der Waals surface area contributed by atoms with E-state index in [0.29, 0.717) is 23.7 Å². The van der Waals surface area contributed by atoms with E-state index in [1.54, 1.807) is 0 Å². The molecule has 4 nitrogen and oxygen atoms in total. The summed E-state index contributed by atoms with van der Waals surface area (Å²) < 4.78 is 0. The molecule has 1 aliphatic heterocycles. The molecule has 2 N–H and O–H groups in total. The van der Waals surface area contributed by atoms with Gasteiger partial charge in [-0.25, -0.2) is 0 Å². The van der Waals surface area contributed by atoms with E-state index in [1.165, 1.54) is 0 Å². The molecule has 0 aromatic heterocycles. The number of rotatable bonds is 1. The van der Waals surface area contributed by atoms with E-state index in [4.69, 9.17) is 0 Å². The molecule has 5 aliphatic carbocycles. The highest BCUT2D eigenvalue weighted by Gasteiger charge is 2.85. The van der Waals surface area contributed by atoms with Crippen LogP contribution in [0.4, 0.5) is 0 Å². The van der Waals surface area contributed by atoms with Crippen LogP contribution in [0.15, 0.2) is 0 Å². The summed E-state index contributed by atoms with van der Waals surface area (Å²) in [6, 6.07) is 0.353. The SMILES string of the molecule is CCN1C[C@]2(C)CC[C@H](O)[C@@]34[C@@H]2C[C@@H]([C@@H]13)[C@@]12C[C@@H]([C@H](O)C[C@H]14)[C@H](C)C2=O. The Morgan fingerprint density at radius 1 is 1.23 bits per heavy atom. The Kier molecular flexibility index (Phi) is 2.90. The number of piperidine rings is 1. The number of ketones is 1. The Hall–Kier alpha value is -0.450. The van der Waals surface area contributed by atoms with Gasteiger partial charge in [0.05, 0.1) is 12.2 Å². The molecule has 11 atom stereocenters. The fourth-order valence-electron chi connectivity index (χ4n) is 10.1. The minimum absolute atomic E-state index is 0.00667. The maximum atomic E-state index is 13.6. The standard InChI is InChI=1S/C22H33NO3/c1-4-23-10-20(3)6-5-17(25)22-15(20)7-13(18(22)23)21-9-12(11(2)19(21)26)14(24)8-16(21)22/h11-18,24-25H,4-10H2,1-3H3/t11-,12+,13-,14+,15+,16+,17-,18+,20-,21-,22-/m0/s1. The molecule has 5 saturated carbocycles. The number of carbonyl (C=O) groups excluding carboxylic acids is 1. The van der Waals surface area contributed by atoms with Crippen molar-refractivity contribution in [1.82, 2.24) is 4.90 Å². The van der Waals surface area contributed by atoms with Crippen molar-refractivity contribution in [3.05, 3.63) is 0 Å². The Balaban J connectivity index is 1.61. The average molecular weight is 360 g/mol. The Morgan fingerprint density at radius 3 is 2.73 bits per heavy atom. The highest BCUT2D eigenvalue weighted by molar-refractivity contribution is 5.91. The summed E-state index contributed by atoms with van der Waals surface area (Å²) in [7, 11) is 0. The van der Waals surface area contributed by atoms with Crippen molar-refractivity contribution in [2.75, 3.05) is 13.1 Å². The molecule has 0 amide bonds. The highest BCUT2D eigenvalue weighted by Crippen LogP contribution is 2.82. The van der Waals surface area contributed by atoms with Crippen molar-refractivity contribution in [2.45, 2.75) is 71.1 Å². The summed E-state index contributed by atoms with van der Waals surface area (Å²) in [5, 5.41) is 22.4. The van der Waals surface area contributed by atoms with Gasteiger partial charge in [-0.15, -0.1) is 0 Å². The fraction of sp³-hybridized carbons (Fsp3) is 0.955. The zero-order valence-electron chi connectivity index (χ0n) is 16.3. The lowest BCUT2D eigenvalue weighted by atomic mass is 9.43. The van der Waals surface area contributed by atoms with Gasteiger partial charge in [0.1, 0.15) is 5.78 Å². The van der Waals surface area contributed by atoms with Crippen LogP contribution in [0.1, 0.15) is 52.9 Å². The predicted octanol–water partition coefficient (Wildman–Crippen LogP) is 2.08. The number of fused-ring (bicyclic) bond motifs is 1. The molecule has 0 radical (unpaired) electrons. The van der Waals surface area contributed by atoms with Crippen LogP contribution in [-0.4, -0.2) is 52.2 Å². The molecule has 6 rings (SSSR count). The first-order chi connectivity index (χ1) is 12.3. The molecule has 6 aliphatic rings. The number of Topliss-reactive ketones (excluding diaryl/α,β-unsaturated/α-hetero) is 1. The van der Waals surface area contributed by atoms with Crippen LogP contribution in [0.2, 0.25) is 0 Å². The van der Waals surface area contributed by atoms with Crippen molar-refractivity contribution in [1.29, 1.82) is 0 Å². The predicted molar refractivity (Wildman–Crippen MR) is 97.2 cm³/mol. The maximum absolute atomic E-state index is 13.6. The lowest BCUT2D eigenvalue weighted by Crippen LogP contribution is -2.68. The van der Waals surface area contributed by atoms with E-state index in [-0.39, 0.29) is 46.2 Å². The summed E-state index contributed by atoms with van der Waals surface area (Å²) in [6.07, 6.45) is 4.08. The molecular formula is C22H33NO3. The average Bonchev–Trinajstić information content (AvgIpc) is 3.14. The number of nitrogens with zero attached hydrogens (tertiary/aromatic N) is 1. The van der Waals surface area contributed by atoms with Gasteiger partial charge in [-0.1, -0.05) is 20.8 Å². The van der Waals surface area contributed by atoms with Gasteiger partial charge in [-0.2, -0.15) is 0 Å². The van der Waals surface area contributed by atoms with Crippen LogP contribution >= 0.6 is 0 Å². The third kappa shape index (κ3) is 1.37. The van der Waals surface area contributed by atoms with Gasteiger partial charge in [0.15, 0.2) is 0 Å². The molecule has 0 aromatic rings. The Labute approximate surface area is 156 Å². The van der Waals surface area contributed by atoms with E-state index in [2.05, 4.69) is 25.7 Å². The zero-order valence-corrected chi connectivity index (χ0v) is 16.3. The Morgan fingerprint density at radius 2 is 2.00 bits per heavy atom. The molecular weight excluding hydrogens is 326 g/mol. The largest absolute Gasteiger partial charge is 0.393 e. The quantitative estimate of drug-likeness (QED) is 0.753. The summed E-state index contributed by atoms with van der Waals surface area (Å²) >= 11 is 0. The second-order valence-corrected chi connectivity index (χ2v) is 11.0. The third-order valence-electron chi connectivity index (χ3n) is 10.7. The van der Waals surface area contributed by atoms with E-state index >= 15 is 0 Å². The third-order valence-corrected chi connectivity index (χ3v) is 10.7. The fourth-order valence-corrected chi connectivity index (χ4v) is 10.1. The number of hydrogen-bond acceptors (Lipinski definition) is 4. The number of carbonyl (C=O) groups is 1. The molecule has 2 spiro atoms. The first kappa shape index (κ1) is 16.5. The van der Waals surface area contributed by atoms with Crippen molar-refractivity contribution in [3.63, 3.8) is 0 Å². The van der Waals surface area contributed by atoms with Crippen molar-refractivity contribution in [2.24, 2.45) is 45.8 Å². The van der Waals surface area contributed by atoms with Crippen molar-refractivity contribution in [3.8, 4) is 0 Å². The summed E-state index contributed by atoms with van der Waals surface area (Å²) in [5.41, 5.74) is -0.143. The maximum Gasteiger partial charge on any atom is 0.142 e. The van der Waals surface area contributed by atoms with Crippen LogP contribution in [-0.2, 0) is 4.79 Å². The van der Waals surface area contributed by atoms with Crippen LogP contribution in [0.25, 0.3) is 0 Å². The van der Waals surface area contributed by atoms with E-state index in [9.17, 15) is 15.0 Å². The first-order valence-corrected chi connectivity index (χ1v) is 11.0. The van der Waals surface area contributed by atoms with Gasteiger partial charge < -0.3 is 10.2 Å². The van der Waals surface area contributed by atoms with Crippen molar-refractivity contribution < 1.29 is 15.0 Å². The number of aliphatic hydroxyl groups excluding tert-OH is 2. The molecule has 0 unspecified atom stereocenters. The monoisotopic (exact) mass is 359 g/mol. The molecule has 1 saturated heterocycles. The van der Waals surface area contributed by atoms with Gasteiger partial charge in [0.25, 0.3) is 0 Å². The molecule has 144 valence electrons. The number of hydrogen-bond donors (Lipinski definition) is 2. The van der Waals surface area contributed by atoms with Crippen LogP contribution < -0.4 is 0 Å². The molecule has 26 heavy (non-hydrogen) atoms. The van der Waals surface area contributed by atoms with Crippen LogP contribution in [0, 0.1) is 45.8 Å². The smallest absolute Gasteiger partial charge is 0.142 e. The molecule has 4 heteroatoms. The number of aliphatic hydroxyl groups is 2. The van der Waals surface area contributed by atoms with Crippen LogP contribution in [0.3, 0.4) is 0 Å². The van der Waals surface area contributed by atoms with Crippen LogP contribution in [0.5, 0.6) is 0 Å². The Bertz CT molecular complexity index is 695. The molecule has 7 bridgehead atoms. The first-order valence-electron chi connectivity index (χ1n) is 11.0. The van der Waals surface area contributed by atoms with Gasteiger partial charge in [0, 0.05) is 29.3 Å². The van der Waals surface area contributed by atoms with Gasteiger partial charge >= 0.3 is 0 Å². The second kappa shape index (κ2) is 4.58. The topological polar surface area (TPSA) is 60.8 Å². The lowest BCUT2D eigenvalue weighted by molar-refractivity contribution is -0.211. The van der Waals surface area contributed by atoms with E-state index in [0.717, 1.165) is 45.2 Å². The minimum atomic E-state index is -0.362. The highest BCUT2D eigenvalue weighted by atomic mass is 16.3. The van der Waals surface area contributed by atoms with Crippen molar-refractivity contribution >= 4 is 5.78 Å². The second-order valence-electron chi connectivity index (χ2n) is 11.0. The van der Waals surface area contributed by atoms with Gasteiger partial charge in [-0.3, -0.25) is 9.69 Å². The molecule has 6 fully saturated rings. The van der Waals surface area contributed by atoms with Gasteiger partial charge in [-0.05, 0) is 67.7 Å². The van der Waals surface area contributed by atoms with Gasteiger partial charge in [0.2, 0.25) is 0 Å². The minimum Gasteiger partial charge on any atom is -0.393 e. The summed E-state index contributed by atoms with van der Waals surface area (Å²) in [5.74, 6) is 1.70. The summed E-state index contributed by atoms with van der Waals surface area (Å²) in [4.78, 5) is 16.3. The summed E-state index contributed by atoms with van der Waals surface area (Å²) in [6.45, 7) is 8.89. The molecule has 1 heterocycles. The zero-order chi connectivity index (χ0) is 18.2. The molecule has 0 aromatic carbocycles. The lowest BCUT2D eigenvalue weighted by Gasteiger charge is -2.65.